The SMILES string of the molecule is CCc1ccc(CNCC(O)c2cccc(O)c2)cc1. The second kappa shape index (κ2) is 7.08. The van der Waals surface area contributed by atoms with E-state index in [9.17, 15) is 10.2 Å². The van der Waals surface area contributed by atoms with Crippen LogP contribution in [-0.2, 0) is 13.0 Å². The molecule has 0 radical (unpaired) electrons. The van der Waals surface area contributed by atoms with E-state index < -0.39 is 6.10 Å². The van der Waals surface area contributed by atoms with Gasteiger partial charge in [0, 0.05) is 13.1 Å². The van der Waals surface area contributed by atoms with E-state index in [0.29, 0.717) is 6.54 Å². The highest BCUT2D eigenvalue weighted by Gasteiger charge is 2.07. The van der Waals surface area contributed by atoms with Gasteiger partial charge in [-0.2, -0.15) is 0 Å². The quantitative estimate of drug-likeness (QED) is 0.757. The number of aliphatic hydroxyl groups excluding tert-OH is 1. The van der Waals surface area contributed by atoms with E-state index in [-0.39, 0.29) is 5.75 Å². The fraction of sp³-hybridized carbons (Fsp3) is 0.294. The zero-order valence-electron chi connectivity index (χ0n) is 11.7. The fourth-order valence-electron chi connectivity index (χ4n) is 2.10. The Balaban J connectivity index is 1.82. The molecule has 2 aromatic rings. The predicted octanol–water partition coefficient (Wildman–Crippen LogP) is 2.78. The molecule has 3 N–H and O–H groups in total. The number of hydrogen-bond donors (Lipinski definition) is 3. The number of phenols is 1. The second-order valence-corrected chi connectivity index (χ2v) is 4.91. The molecule has 1 unspecified atom stereocenters. The molecule has 3 heteroatoms. The van der Waals surface area contributed by atoms with Gasteiger partial charge in [-0.05, 0) is 35.2 Å². The van der Waals surface area contributed by atoms with Crippen LogP contribution in [-0.4, -0.2) is 16.8 Å². The standard InChI is InChI=1S/C17H21NO2/c1-2-13-6-8-14(9-7-13)11-18-12-17(20)15-4-3-5-16(19)10-15/h3-10,17-20H,2,11-12H2,1H3. The van der Waals surface area contributed by atoms with Gasteiger partial charge < -0.3 is 15.5 Å². The van der Waals surface area contributed by atoms with Gasteiger partial charge in [-0.25, -0.2) is 0 Å². The average Bonchev–Trinajstić information content (AvgIpc) is 2.48. The lowest BCUT2D eigenvalue weighted by atomic mass is 10.1. The Kier molecular flexibility index (Phi) is 5.16. The molecule has 106 valence electrons. The van der Waals surface area contributed by atoms with E-state index in [2.05, 4.69) is 36.5 Å². The summed E-state index contributed by atoms with van der Waals surface area (Å²) >= 11 is 0. The van der Waals surface area contributed by atoms with E-state index in [1.54, 1.807) is 18.2 Å². The fourth-order valence-corrected chi connectivity index (χ4v) is 2.10. The highest BCUT2D eigenvalue weighted by molar-refractivity contribution is 5.28. The molecule has 0 spiro atoms. The van der Waals surface area contributed by atoms with Crippen LogP contribution in [0.5, 0.6) is 5.75 Å². The molecular formula is C17H21NO2. The van der Waals surface area contributed by atoms with Crippen LogP contribution in [0.3, 0.4) is 0 Å². The minimum Gasteiger partial charge on any atom is -0.508 e. The van der Waals surface area contributed by atoms with Crippen LogP contribution in [0.4, 0.5) is 0 Å². The first-order chi connectivity index (χ1) is 9.69. The van der Waals surface area contributed by atoms with Crippen molar-refractivity contribution in [1.29, 1.82) is 0 Å². The third-order valence-corrected chi connectivity index (χ3v) is 3.35. The Morgan fingerprint density at radius 3 is 2.40 bits per heavy atom. The topological polar surface area (TPSA) is 52.5 Å². The normalized spacial score (nSPS) is 12.3. The molecule has 0 saturated heterocycles. The van der Waals surface area contributed by atoms with Crippen molar-refractivity contribution in [2.45, 2.75) is 26.0 Å². The summed E-state index contributed by atoms with van der Waals surface area (Å²) in [6, 6.07) is 15.2. The summed E-state index contributed by atoms with van der Waals surface area (Å²) in [5, 5.41) is 22.6. The summed E-state index contributed by atoms with van der Waals surface area (Å²) in [5.41, 5.74) is 3.25. The number of nitrogens with one attached hydrogen (secondary N) is 1. The van der Waals surface area contributed by atoms with E-state index in [1.165, 1.54) is 11.1 Å². The summed E-state index contributed by atoms with van der Waals surface area (Å²) in [5.74, 6) is 0.178. The molecule has 0 heterocycles. The van der Waals surface area contributed by atoms with Gasteiger partial charge in [0.05, 0.1) is 6.10 Å². The largest absolute Gasteiger partial charge is 0.508 e. The van der Waals surface area contributed by atoms with Crippen molar-refractivity contribution in [2.24, 2.45) is 0 Å². The molecule has 3 nitrogen and oxygen atoms in total. The van der Waals surface area contributed by atoms with Gasteiger partial charge in [0.25, 0.3) is 0 Å². The van der Waals surface area contributed by atoms with Crippen molar-refractivity contribution >= 4 is 0 Å². The lowest BCUT2D eigenvalue weighted by Gasteiger charge is -2.12. The molecule has 0 aliphatic heterocycles. The lowest BCUT2D eigenvalue weighted by molar-refractivity contribution is 0.174. The van der Waals surface area contributed by atoms with Crippen molar-refractivity contribution < 1.29 is 10.2 Å². The molecule has 0 amide bonds. The number of aliphatic hydroxyl groups is 1. The first kappa shape index (κ1) is 14.6. The molecule has 2 aromatic carbocycles. The van der Waals surface area contributed by atoms with Crippen molar-refractivity contribution in [3.63, 3.8) is 0 Å². The van der Waals surface area contributed by atoms with Crippen LogP contribution in [0, 0.1) is 0 Å². The lowest BCUT2D eigenvalue weighted by Crippen LogP contribution is -2.21. The van der Waals surface area contributed by atoms with Crippen molar-refractivity contribution in [2.75, 3.05) is 6.54 Å². The van der Waals surface area contributed by atoms with Gasteiger partial charge in [0.1, 0.15) is 5.75 Å². The number of hydrogen-bond acceptors (Lipinski definition) is 3. The summed E-state index contributed by atoms with van der Waals surface area (Å²) < 4.78 is 0. The Bertz CT molecular complexity index is 537. The minimum absolute atomic E-state index is 0.178. The van der Waals surface area contributed by atoms with E-state index in [4.69, 9.17) is 0 Å². The zero-order chi connectivity index (χ0) is 14.4. The summed E-state index contributed by atoms with van der Waals surface area (Å²) in [7, 11) is 0. The molecule has 0 aliphatic rings. The van der Waals surface area contributed by atoms with E-state index in [0.717, 1.165) is 18.5 Å². The first-order valence-electron chi connectivity index (χ1n) is 6.94. The van der Waals surface area contributed by atoms with Gasteiger partial charge in [-0.1, -0.05) is 43.3 Å². The van der Waals surface area contributed by atoms with Gasteiger partial charge in [0.2, 0.25) is 0 Å². The van der Waals surface area contributed by atoms with Crippen molar-refractivity contribution in [3.8, 4) is 5.75 Å². The van der Waals surface area contributed by atoms with Crippen LogP contribution in [0.25, 0.3) is 0 Å². The van der Waals surface area contributed by atoms with Crippen LogP contribution < -0.4 is 5.32 Å². The molecule has 2 rings (SSSR count). The van der Waals surface area contributed by atoms with Crippen LogP contribution in [0.1, 0.15) is 29.7 Å². The van der Waals surface area contributed by atoms with Crippen LogP contribution in [0.15, 0.2) is 48.5 Å². The molecule has 0 aliphatic carbocycles. The number of aromatic hydroxyl groups is 1. The Labute approximate surface area is 119 Å². The Hall–Kier alpha value is -1.84. The molecule has 0 saturated carbocycles. The molecule has 20 heavy (non-hydrogen) atoms. The molecule has 1 atom stereocenters. The van der Waals surface area contributed by atoms with E-state index >= 15 is 0 Å². The summed E-state index contributed by atoms with van der Waals surface area (Å²) in [4.78, 5) is 0. The second-order valence-electron chi connectivity index (χ2n) is 4.91. The highest BCUT2D eigenvalue weighted by atomic mass is 16.3. The third kappa shape index (κ3) is 4.08. The molecular weight excluding hydrogens is 250 g/mol. The maximum absolute atomic E-state index is 10.0. The number of rotatable bonds is 6. The maximum Gasteiger partial charge on any atom is 0.115 e. The average molecular weight is 271 g/mol. The maximum atomic E-state index is 10.0. The first-order valence-corrected chi connectivity index (χ1v) is 6.94. The highest BCUT2D eigenvalue weighted by Crippen LogP contribution is 2.17. The van der Waals surface area contributed by atoms with Gasteiger partial charge in [-0.15, -0.1) is 0 Å². The molecule has 0 bridgehead atoms. The van der Waals surface area contributed by atoms with Crippen LogP contribution >= 0.6 is 0 Å². The predicted molar refractivity (Wildman–Crippen MR) is 80.6 cm³/mol. The smallest absolute Gasteiger partial charge is 0.115 e. The Morgan fingerprint density at radius 1 is 1.05 bits per heavy atom. The molecule has 0 aromatic heterocycles. The summed E-state index contributed by atoms with van der Waals surface area (Å²) in [6.45, 7) is 3.32. The van der Waals surface area contributed by atoms with Crippen LogP contribution in [0.2, 0.25) is 0 Å². The van der Waals surface area contributed by atoms with Crippen molar-refractivity contribution in [1.82, 2.24) is 5.32 Å². The van der Waals surface area contributed by atoms with Gasteiger partial charge in [0.15, 0.2) is 0 Å². The van der Waals surface area contributed by atoms with Crippen molar-refractivity contribution in [3.05, 3.63) is 65.2 Å². The minimum atomic E-state index is -0.614. The monoisotopic (exact) mass is 271 g/mol. The summed E-state index contributed by atoms with van der Waals surface area (Å²) in [6.07, 6.45) is 0.432. The zero-order valence-corrected chi connectivity index (χ0v) is 11.7. The Morgan fingerprint density at radius 2 is 1.75 bits per heavy atom. The number of aryl methyl sites for hydroxylation is 1. The number of phenolic OH excluding ortho intramolecular Hbond substituents is 1. The van der Waals surface area contributed by atoms with Gasteiger partial charge in [-0.3, -0.25) is 0 Å². The molecule has 0 fully saturated rings. The number of benzene rings is 2. The third-order valence-electron chi connectivity index (χ3n) is 3.35. The van der Waals surface area contributed by atoms with E-state index in [1.807, 2.05) is 6.07 Å². The van der Waals surface area contributed by atoms with Gasteiger partial charge >= 0.3 is 0 Å².